The Kier molecular flexibility index (Phi) is 4.91. The Morgan fingerprint density at radius 2 is 1.89 bits per heavy atom. The lowest BCUT2D eigenvalue weighted by Gasteiger charge is -2.23. The second-order valence-corrected chi connectivity index (χ2v) is 5.78. The third-order valence-electron chi connectivity index (χ3n) is 2.86. The maximum Gasteiger partial charge on any atom is 0.236 e. The van der Waals surface area contributed by atoms with Gasteiger partial charge in [-0.2, -0.15) is 0 Å². The fourth-order valence-electron chi connectivity index (χ4n) is 1.61. The molecule has 1 rings (SSSR count). The molecule has 18 heavy (non-hydrogen) atoms. The highest BCUT2D eigenvalue weighted by atomic mass is 16.2. The minimum absolute atomic E-state index is 0.0286. The van der Waals surface area contributed by atoms with E-state index in [4.69, 9.17) is 0 Å². The van der Waals surface area contributed by atoms with Crippen LogP contribution in [0, 0.1) is 6.92 Å². The van der Waals surface area contributed by atoms with Gasteiger partial charge in [0.15, 0.2) is 0 Å². The molecule has 3 nitrogen and oxygen atoms in total. The zero-order valence-electron chi connectivity index (χ0n) is 12.1. The Morgan fingerprint density at radius 3 is 2.44 bits per heavy atom. The van der Waals surface area contributed by atoms with E-state index in [-0.39, 0.29) is 11.4 Å². The number of hydrogen-bond donors (Lipinski definition) is 1. The number of carbonyl (C=O) groups is 1. The van der Waals surface area contributed by atoms with E-state index < -0.39 is 0 Å². The summed E-state index contributed by atoms with van der Waals surface area (Å²) in [6.07, 6.45) is 0. The van der Waals surface area contributed by atoms with Crippen LogP contribution in [0.3, 0.4) is 0 Å². The number of carbonyl (C=O) groups excluding carboxylic acids is 1. The van der Waals surface area contributed by atoms with E-state index in [1.165, 1.54) is 11.1 Å². The van der Waals surface area contributed by atoms with E-state index in [1.807, 2.05) is 19.2 Å². The zero-order chi connectivity index (χ0) is 13.8. The van der Waals surface area contributed by atoms with Crippen molar-refractivity contribution in [1.82, 2.24) is 10.2 Å². The zero-order valence-corrected chi connectivity index (χ0v) is 12.1. The molecule has 1 amide bonds. The van der Waals surface area contributed by atoms with E-state index in [9.17, 15) is 4.79 Å². The van der Waals surface area contributed by atoms with Gasteiger partial charge in [-0.3, -0.25) is 4.79 Å². The molecule has 0 saturated heterocycles. The Bertz CT molecular complexity index is 407. The summed E-state index contributed by atoms with van der Waals surface area (Å²) in [6.45, 7) is 9.29. The smallest absolute Gasteiger partial charge is 0.236 e. The molecule has 0 aliphatic heterocycles. The molecule has 0 aliphatic rings. The summed E-state index contributed by atoms with van der Waals surface area (Å²) >= 11 is 0. The van der Waals surface area contributed by atoms with Gasteiger partial charge in [0, 0.05) is 19.1 Å². The van der Waals surface area contributed by atoms with Crippen molar-refractivity contribution in [2.45, 2.75) is 39.8 Å². The molecule has 1 aromatic carbocycles. The number of likely N-dealkylation sites (N-methyl/N-ethyl adjacent to an activating group) is 1. The molecule has 0 spiro atoms. The van der Waals surface area contributed by atoms with E-state index in [0.717, 1.165) is 0 Å². The van der Waals surface area contributed by atoms with Crippen molar-refractivity contribution in [3.63, 3.8) is 0 Å². The van der Waals surface area contributed by atoms with Crippen molar-refractivity contribution in [3.8, 4) is 0 Å². The molecular weight excluding hydrogens is 224 g/mol. The normalized spacial score (nSPS) is 11.4. The Balaban J connectivity index is 2.53. The van der Waals surface area contributed by atoms with Crippen molar-refractivity contribution in [1.29, 1.82) is 0 Å². The van der Waals surface area contributed by atoms with Gasteiger partial charge in [-0.25, -0.2) is 0 Å². The van der Waals surface area contributed by atoms with Crippen molar-refractivity contribution >= 4 is 5.91 Å². The lowest BCUT2D eigenvalue weighted by Crippen LogP contribution is -2.43. The maximum atomic E-state index is 12.0. The van der Waals surface area contributed by atoms with Gasteiger partial charge >= 0.3 is 0 Å². The van der Waals surface area contributed by atoms with E-state index >= 15 is 0 Å². The van der Waals surface area contributed by atoms with Crippen LogP contribution in [0.25, 0.3) is 0 Å². The van der Waals surface area contributed by atoms with Gasteiger partial charge < -0.3 is 10.2 Å². The van der Waals surface area contributed by atoms with Gasteiger partial charge in [0.05, 0.1) is 6.54 Å². The first-order valence-corrected chi connectivity index (χ1v) is 6.33. The standard InChI is InChI=1S/C15H24N2O/c1-12-8-6-7-9-13(12)11-17(5)14(18)10-16-15(2,3)4/h6-9,16H,10-11H2,1-5H3. The number of hydrogen-bond acceptors (Lipinski definition) is 2. The second-order valence-electron chi connectivity index (χ2n) is 5.78. The summed E-state index contributed by atoms with van der Waals surface area (Å²) in [7, 11) is 1.85. The molecule has 1 N–H and O–H groups in total. The first kappa shape index (κ1) is 14.7. The van der Waals surface area contributed by atoms with Gasteiger partial charge in [0.1, 0.15) is 0 Å². The predicted octanol–water partition coefficient (Wildman–Crippen LogP) is 2.34. The quantitative estimate of drug-likeness (QED) is 0.887. The minimum Gasteiger partial charge on any atom is -0.340 e. The Labute approximate surface area is 110 Å². The average molecular weight is 248 g/mol. The van der Waals surface area contributed by atoms with Crippen LogP contribution in [0.2, 0.25) is 0 Å². The van der Waals surface area contributed by atoms with Crippen LogP contribution in [0.1, 0.15) is 31.9 Å². The predicted molar refractivity (Wildman–Crippen MR) is 75.4 cm³/mol. The SMILES string of the molecule is Cc1ccccc1CN(C)C(=O)CNC(C)(C)C. The topological polar surface area (TPSA) is 32.3 Å². The summed E-state index contributed by atoms with van der Waals surface area (Å²) in [4.78, 5) is 13.7. The number of benzene rings is 1. The Morgan fingerprint density at radius 1 is 1.28 bits per heavy atom. The van der Waals surface area contributed by atoms with Crippen LogP contribution in [0.5, 0.6) is 0 Å². The van der Waals surface area contributed by atoms with Gasteiger partial charge in [-0.15, -0.1) is 0 Å². The van der Waals surface area contributed by atoms with E-state index in [0.29, 0.717) is 13.1 Å². The average Bonchev–Trinajstić information content (AvgIpc) is 2.28. The first-order chi connectivity index (χ1) is 8.29. The molecule has 0 aliphatic carbocycles. The molecule has 0 atom stereocenters. The molecule has 0 fully saturated rings. The number of aryl methyl sites for hydroxylation is 1. The minimum atomic E-state index is -0.0286. The third-order valence-corrected chi connectivity index (χ3v) is 2.86. The number of nitrogens with zero attached hydrogens (tertiary/aromatic N) is 1. The van der Waals surface area contributed by atoms with Crippen LogP contribution in [-0.2, 0) is 11.3 Å². The number of rotatable bonds is 4. The van der Waals surface area contributed by atoms with Gasteiger partial charge in [0.25, 0.3) is 0 Å². The van der Waals surface area contributed by atoms with Crippen molar-refractivity contribution in [3.05, 3.63) is 35.4 Å². The summed E-state index contributed by atoms with van der Waals surface area (Å²) in [6, 6.07) is 8.16. The Hall–Kier alpha value is -1.35. The monoisotopic (exact) mass is 248 g/mol. The van der Waals surface area contributed by atoms with Crippen LogP contribution in [0.4, 0.5) is 0 Å². The number of amides is 1. The van der Waals surface area contributed by atoms with Crippen molar-refractivity contribution < 1.29 is 4.79 Å². The van der Waals surface area contributed by atoms with Crippen LogP contribution < -0.4 is 5.32 Å². The molecule has 0 aromatic heterocycles. The molecule has 1 aromatic rings. The molecule has 0 saturated carbocycles. The molecule has 0 unspecified atom stereocenters. The summed E-state index contributed by atoms with van der Waals surface area (Å²) in [5.74, 6) is 0.119. The van der Waals surface area contributed by atoms with Gasteiger partial charge in [-0.1, -0.05) is 24.3 Å². The van der Waals surface area contributed by atoms with Crippen molar-refractivity contribution in [2.75, 3.05) is 13.6 Å². The maximum absolute atomic E-state index is 12.0. The van der Waals surface area contributed by atoms with Crippen molar-refractivity contribution in [2.24, 2.45) is 0 Å². The first-order valence-electron chi connectivity index (χ1n) is 6.33. The van der Waals surface area contributed by atoms with Crippen LogP contribution >= 0.6 is 0 Å². The highest BCUT2D eigenvalue weighted by molar-refractivity contribution is 5.78. The lowest BCUT2D eigenvalue weighted by atomic mass is 10.1. The fourth-order valence-corrected chi connectivity index (χ4v) is 1.61. The second kappa shape index (κ2) is 6.01. The molecule has 0 radical (unpaired) electrons. The number of nitrogens with one attached hydrogen (secondary N) is 1. The third kappa shape index (κ3) is 4.88. The summed E-state index contributed by atoms with van der Waals surface area (Å²) in [5.41, 5.74) is 2.39. The molecule has 100 valence electrons. The van der Waals surface area contributed by atoms with E-state index in [1.54, 1.807) is 4.90 Å². The highest BCUT2D eigenvalue weighted by Crippen LogP contribution is 2.09. The molecule has 0 heterocycles. The molecular formula is C15H24N2O. The lowest BCUT2D eigenvalue weighted by molar-refractivity contribution is -0.129. The van der Waals surface area contributed by atoms with Gasteiger partial charge in [0.2, 0.25) is 5.91 Å². The molecule has 0 bridgehead atoms. The summed E-state index contributed by atoms with van der Waals surface area (Å²) in [5, 5.41) is 3.21. The molecule has 3 heteroatoms. The van der Waals surface area contributed by atoms with E-state index in [2.05, 4.69) is 45.1 Å². The largest absolute Gasteiger partial charge is 0.340 e. The highest BCUT2D eigenvalue weighted by Gasteiger charge is 2.14. The van der Waals surface area contributed by atoms with Crippen LogP contribution in [0.15, 0.2) is 24.3 Å². The van der Waals surface area contributed by atoms with Crippen LogP contribution in [-0.4, -0.2) is 29.9 Å². The summed E-state index contributed by atoms with van der Waals surface area (Å²) < 4.78 is 0. The van der Waals surface area contributed by atoms with Gasteiger partial charge in [-0.05, 0) is 38.8 Å². The fraction of sp³-hybridized carbons (Fsp3) is 0.533.